The zero-order valence-electron chi connectivity index (χ0n) is 16.7. The summed E-state index contributed by atoms with van der Waals surface area (Å²) in [5.74, 6) is -0.920. The lowest BCUT2D eigenvalue weighted by atomic mass is 10.1. The van der Waals surface area contributed by atoms with Crippen molar-refractivity contribution in [1.82, 2.24) is 9.62 Å². The van der Waals surface area contributed by atoms with Gasteiger partial charge in [0.1, 0.15) is 0 Å². The third-order valence-electron chi connectivity index (χ3n) is 4.33. The van der Waals surface area contributed by atoms with Crippen LogP contribution in [0.4, 0.5) is 5.69 Å². The van der Waals surface area contributed by atoms with Crippen molar-refractivity contribution in [3.8, 4) is 0 Å². The average Bonchev–Trinajstić information content (AvgIpc) is 2.59. The third kappa shape index (κ3) is 6.02. The van der Waals surface area contributed by atoms with Gasteiger partial charge in [-0.2, -0.15) is 4.31 Å². The highest BCUT2D eigenvalue weighted by atomic mass is 32.2. The lowest BCUT2D eigenvalue weighted by Crippen LogP contribution is -2.46. The van der Waals surface area contributed by atoms with E-state index in [9.17, 15) is 18.0 Å². The van der Waals surface area contributed by atoms with Crippen LogP contribution in [0.3, 0.4) is 0 Å². The van der Waals surface area contributed by atoms with Crippen molar-refractivity contribution in [3.63, 3.8) is 0 Å². The van der Waals surface area contributed by atoms with Gasteiger partial charge in [0.2, 0.25) is 21.8 Å². The van der Waals surface area contributed by atoms with Crippen molar-refractivity contribution < 1.29 is 18.0 Å². The number of nitrogens with two attached hydrogens (primary N) is 1. The van der Waals surface area contributed by atoms with Gasteiger partial charge in [-0.1, -0.05) is 19.9 Å². The molecule has 0 unspecified atom stereocenters. The number of amides is 2. The molecule has 1 atom stereocenters. The van der Waals surface area contributed by atoms with E-state index in [0.29, 0.717) is 11.3 Å². The second-order valence-electron chi connectivity index (χ2n) is 7.13. The minimum Gasteiger partial charge on any atom is -0.346 e. The first-order valence-electron chi connectivity index (χ1n) is 8.79. The molecule has 9 heteroatoms. The van der Waals surface area contributed by atoms with Gasteiger partial charge in [-0.25, -0.2) is 8.42 Å². The molecule has 0 aromatic heterocycles. The number of anilines is 1. The molecule has 1 aromatic rings. The summed E-state index contributed by atoms with van der Waals surface area (Å²) in [7, 11) is -2.16. The van der Waals surface area contributed by atoms with Crippen molar-refractivity contribution in [2.24, 2.45) is 11.7 Å². The van der Waals surface area contributed by atoms with E-state index < -0.39 is 27.9 Å². The molecule has 0 aliphatic heterocycles. The Bertz CT molecular complexity index is 791. The topological polar surface area (TPSA) is 122 Å². The number of sulfonamides is 1. The summed E-state index contributed by atoms with van der Waals surface area (Å²) in [5, 5.41) is 5.12. The zero-order chi connectivity index (χ0) is 20.9. The molecule has 0 saturated heterocycles. The number of carbonyl (C=O) groups is 2. The van der Waals surface area contributed by atoms with Crippen LogP contribution in [0.5, 0.6) is 0 Å². The Hall–Kier alpha value is -1.97. The van der Waals surface area contributed by atoms with Crippen LogP contribution in [0.2, 0.25) is 0 Å². The minimum absolute atomic E-state index is 0.0462. The van der Waals surface area contributed by atoms with Crippen LogP contribution in [0, 0.1) is 12.8 Å². The van der Waals surface area contributed by atoms with Crippen molar-refractivity contribution in [2.45, 2.75) is 51.6 Å². The highest BCUT2D eigenvalue weighted by molar-refractivity contribution is 7.89. The van der Waals surface area contributed by atoms with Crippen LogP contribution in [-0.2, 0) is 19.6 Å². The van der Waals surface area contributed by atoms with E-state index in [2.05, 4.69) is 10.6 Å². The summed E-state index contributed by atoms with van der Waals surface area (Å²) >= 11 is 0. The second kappa shape index (κ2) is 9.29. The summed E-state index contributed by atoms with van der Waals surface area (Å²) in [4.78, 5) is 24.1. The monoisotopic (exact) mass is 398 g/mol. The largest absolute Gasteiger partial charge is 0.346 e. The van der Waals surface area contributed by atoms with Crippen molar-refractivity contribution in [2.75, 3.05) is 18.9 Å². The fraction of sp³-hybridized carbons (Fsp3) is 0.556. The lowest BCUT2D eigenvalue weighted by molar-refractivity contribution is -0.125. The third-order valence-corrected chi connectivity index (χ3v) is 6.36. The van der Waals surface area contributed by atoms with Crippen LogP contribution in [-0.4, -0.2) is 50.2 Å². The highest BCUT2D eigenvalue weighted by Gasteiger charge is 2.24. The fourth-order valence-corrected chi connectivity index (χ4v) is 3.52. The lowest BCUT2D eigenvalue weighted by Gasteiger charge is -2.21. The first-order valence-corrected chi connectivity index (χ1v) is 10.2. The number of rotatable bonds is 8. The molecule has 152 valence electrons. The average molecular weight is 399 g/mol. The van der Waals surface area contributed by atoms with Gasteiger partial charge in [-0.3, -0.25) is 9.59 Å². The maximum atomic E-state index is 12.6. The summed E-state index contributed by atoms with van der Waals surface area (Å²) in [5.41, 5.74) is 6.81. The Balaban J connectivity index is 2.90. The molecule has 4 N–H and O–H groups in total. The number of benzene rings is 1. The summed E-state index contributed by atoms with van der Waals surface area (Å²) in [6.07, 6.45) is 0. The van der Waals surface area contributed by atoms with Gasteiger partial charge in [0.05, 0.1) is 17.5 Å². The molecule has 8 nitrogen and oxygen atoms in total. The fourth-order valence-electron chi connectivity index (χ4n) is 2.12. The summed E-state index contributed by atoms with van der Waals surface area (Å²) in [6, 6.07) is 3.66. The molecular weight excluding hydrogens is 368 g/mol. The van der Waals surface area contributed by atoms with Crippen molar-refractivity contribution in [3.05, 3.63) is 23.8 Å². The van der Waals surface area contributed by atoms with Crippen molar-refractivity contribution >= 4 is 27.5 Å². The van der Waals surface area contributed by atoms with Gasteiger partial charge >= 0.3 is 0 Å². The molecule has 0 radical (unpaired) electrons. The van der Waals surface area contributed by atoms with Crippen LogP contribution in [0.15, 0.2) is 23.1 Å². The number of carbonyl (C=O) groups excluding carboxylic acids is 2. The van der Waals surface area contributed by atoms with E-state index in [-0.39, 0.29) is 23.4 Å². The number of aryl methyl sites for hydroxylation is 1. The van der Waals surface area contributed by atoms with Crippen LogP contribution >= 0.6 is 0 Å². The van der Waals surface area contributed by atoms with Crippen LogP contribution in [0.1, 0.15) is 33.3 Å². The van der Waals surface area contributed by atoms with Gasteiger partial charge in [-0.15, -0.1) is 0 Å². The van der Waals surface area contributed by atoms with Gasteiger partial charge in [0.15, 0.2) is 0 Å². The Labute approximate surface area is 161 Å². The Kier molecular flexibility index (Phi) is 7.94. The molecule has 0 saturated carbocycles. The molecule has 2 amide bonds. The maximum Gasteiger partial charge on any atom is 0.243 e. The normalized spacial score (nSPS) is 13.1. The molecule has 0 fully saturated rings. The second-order valence-corrected chi connectivity index (χ2v) is 9.13. The van der Waals surface area contributed by atoms with Gasteiger partial charge in [0, 0.05) is 18.8 Å². The molecule has 0 bridgehead atoms. The summed E-state index contributed by atoms with van der Waals surface area (Å²) < 4.78 is 26.5. The number of nitrogens with zero attached hydrogens (tertiary/aromatic N) is 1. The zero-order valence-corrected chi connectivity index (χ0v) is 17.6. The number of hydrogen-bond donors (Lipinski definition) is 3. The van der Waals surface area contributed by atoms with Crippen LogP contribution < -0.4 is 16.4 Å². The predicted molar refractivity (Wildman–Crippen MR) is 106 cm³/mol. The molecular formula is C18H30N4O4S. The predicted octanol–water partition coefficient (Wildman–Crippen LogP) is 1.06. The van der Waals surface area contributed by atoms with Crippen LogP contribution in [0.25, 0.3) is 0 Å². The quantitative estimate of drug-likeness (QED) is 0.604. The SMILES string of the molecule is Cc1ccc(S(=O)(=O)N(C)C(C)C)cc1NC(=O)CNC(=O)[C@@H](N)C(C)C. The van der Waals surface area contributed by atoms with E-state index in [1.54, 1.807) is 26.8 Å². The van der Waals surface area contributed by atoms with E-state index in [1.165, 1.54) is 23.5 Å². The molecule has 0 heterocycles. The van der Waals surface area contributed by atoms with Gasteiger partial charge in [0.25, 0.3) is 0 Å². The molecule has 0 aliphatic carbocycles. The Morgan fingerprint density at radius 2 is 1.78 bits per heavy atom. The Morgan fingerprint density at radius 3 is 2.30 bits per heavy atom. The minimum atomic E-state index is -3.66. The maximum absolute atomic E-state index is 12.6. The summed E-state index contributed by atoms with van der Waals surface area (Å²) in [6.45, 7) is 8.69. The standard InChI is InChI=1S/C18H30N4O4S/c1-11(2)17(19)18(24)20-10-16(23)21-15-9-14(8-7-13(15)5)27(25,26)22(6)12(3)4/h7-9,11-12,17H,10,19H2,1-6H3,(H,20,24)(H,21,23)/t17-/m0/s1. The van der Waals surface area contributed by atoms with Gasteiger partial charge in [-0.05, 0) is 44.4 Å². The Morgan fingerprint density at radius 1 is 1.19 bits per heavy atom. The molecule has 0 spiro atoms. The molecule has 0 aliphatic rings. The van der Waals surface area contributed by atoms with E-state index in [4.69, 9.17) is 5.73 Å². The number of hydrogen-bond acceptors (Lipinski definition) is 5. The first-order chi connectivity index (χ1) is 12.4. The van der Waals surface area contributed by atoms with Crippen molar-refractivity contribution in [1.29, 1.82) is 0 Å². The molecule has 1 aromatic carbocycles. The molecule has 27 heavy (non-hydrogen) atoms. The number of nitrogens with one attached hydrogen (secondary N) is 2. The molecule has 1 rings (SSSR count). The van der Waals surface area contributed by atoms with E-state index >= 15 is 0 Å². The first kappa shape index (κ1) is 23.1. The smallest absolute Gasteiger partial charge is 0.243 e. The highest BCUT2D eigenvalue weighted by Crippen LogP contribution is 2.23. The van der Waals surface area contributed by atoms with Gasteiger partial charge < -0.3 is 16.4 Å². The van der Waals surface area contributed by atoms with E-state index in [1.807, 2.05) is 13.8 Å². The van der Waals surface area contributed by atoms with E-state index in [0.717, 1.165) is 0 Å².